The highest BCUT2D eigenvalue weighted by atomic mass is 32.1. The quantitative estimate of drug-likeness (QED) is 0.666. The second kappa shape index (κ2) is 5.20. The molecule has 0 aliphatic carbocycles. The Morgan fingerprint density at radius 1 is 1.17 bits per heavy atom. The summed E-state index contributed by atoms with van der Waals surface area (Å²) in [5.41, 5.74) is 1.31. The van der Waals surface area contributed by atoms with Gasteiger partial charge in [0.1, 0.15) is 4.83 Å². The first-order valence-electron chi connectivity index (χ1n) is 6.98. The molecule has 0 bridgehead atoms. The molecular weight excluding hydrogens is 330 g/mol. The number of carbonyl (C=O) groups is 3. The predicted molar refractivity (Wildman–Crippen MR) is 84.5 cm³/mol. The molecule has 1 aliphatic heterocycles. The molecule has 118 valence electrons. The predicted octanol–water partition coefficient (Wildman–Crippen LogP) is 2.37. The second-order valence-corrected chi connectivity index (χ2v) is 5.93. The highest BCUT2D eigenvalue weighted by Gasteiger charge is 2.38. The average Bonchev–Trinajstić information content (AvgIpc) is 3.08. The van der Waals surface area contributed by atoms with Crippen LogP contribution in [0.2, 0.25) is 0 Å². The number of carbonyl (C=O) groups excluding carboxylic acids is 3. The molecule has 0 spiro atoms. The largest absolute Gasteiger partial charge is 0.365 e. The summed E-state index contributed by atoms with van der Waals surface area (Å²) in [5.74, 6) is -2.15. The topological polar surface area (TPSA) is 89.5 Å². The Bertz CT molecular complexity index is 992. The lowest BCUT2D eigenvalue weighted by Gasteiger charge is -2.12. The lowest BCUT2D eigenvalue weighted by Crippen LogP contribution is -2.32. The fourth-order valence-corrected chi connectivity index (χ4v) is 3.17. The zero-order valence-corrected chi connectivity index (χ0v) is 13.2. The van der Waals surface area contributed by atoms with E-state index >= 15 is 0 Å². The van der Waals surface area contributed by atoms with Gasteiger partial charge in [0.25, 0.3) is 11.8 Å². The van der Waals surface area contributed by atoms with Gasteiger partial charge < -0.3 is 4.84 Å². The third-order valence-electron chi connectivity index (χ3n) is 3.68. The van der Waals surface area contributed by atoms with Crippen molar-refractivity contribution in [2.45, 2.75) is 6.92 Å². The normalized spacial score (nSPS) is 13.5. The van der Waals surface area contributed by atoms with Gasteiger partial charge in [-0.1, -0.05) is 17.2 Å². The van der Waals surface area contributed by atoms with Crippen LogP contribution < -0.4 is 0 Å². The summed E-state index contributed by atoms with van der Waals surface area (Å²) < 4.78 is 4.16. The van der Waals surface area contributed by atoms with Gasteiger partial charge in [-0.15, -0.1) is 0 Å². The number of hydrogen-bond acceptors (Lipinski definition) is 7. The van der Waals surface area contributed by atoms with E-state index in [4.69, 9.17) is 4.84 Å². The molecule has 2 aromatic heterocycles. The van der Waals surface area contributed by atoms with E-state index in [1.807, 2.05) is 0 Å². The maximum absolute atomic E-state index is 12.3. The van der Waals surface area contributed by atoms with Crippen LogP contribution in [0, 0.1) is 6.92 Å². The first kappa shape index (κ1) is 14.5. The van der Waals surface area contributed by atoms with Crippen LogP contribution in [0.1, 0.15) is 36.8 Å². The van der Waals surface area contributed by atoms with E-state index in [1.54, 1.807) is 25.1 Å². The number of pyridine rings is 1. The van der Waals surface area contributed by atoms with E-state index in [9.17, 15) is 14.4 Å². The van der Waals surface area contributed by atoms with Crippen molar-refractivity contribution in [2.75, 3.05) is 0 Å². The molecule has 0 N–H and O–H groups in total. The number of benzene rings is 1. The second-order valence-electron chi connectivity index (χ2n) is 5.17. The molecule has 3 aromatic rings. The van der Waals surface area contributed by atoms with E-state index in [2.05, 4.69) is 9.36 Å². The van der Waals surface area contributed by atoms with Crippen LogP contribution in [0.5, 0.6) is 0 Å². The molecular formula is C16H9N3O4S. The lowest BCUT2D eigenvalue weighted by atomic mass is 10.1. The minimum Gasteiger partial charge on any atom is -0.324 e. The fourth-order valence-electron chi connectivity index (χ4n) is 2.44. The van der Waals surface area contributed by atoms with Crippen molar-refractivity contribution >= 4 is 39.5 Å². The highest BCUT2D eigenvalue weighted by Crippen LogP contribution is 2.25. The Kier molecular flexibility index (Phi) is 3.14. The number of fused-ring (bicyclic) bond motifs is 2. The average molecular weight is 339 g/mol. The summed E-state index contributed by atoms with van der Waals surface area (Å²) in [5, 5.41) is 1.22. The summed E-state index contributed by atoms with van der Waals surface area (Å²) in [4.78, 5) is 46.5. The molecule has 0 saturated heterocycles. The van der Waals surface area contributed by atoms with Crippen molar-refractivity contribution < 1.29 is 19.2 Å². The third-order valence-corrected chi connectivity index (χ3v) is 4.54. The molecule has 0 fully saturated rings. The number of rotatable bonds is 2. The molecule has 1 aliphatic rings. The van der Waals surface area contributed by atoms with Gasteiger partial charge in [0.2, 0.25) is 0 Å². The minimum atomic E-state index is -0.829. The van der Waals surface area contributed by atoms with Crippen LogP contribution >= 0.6 is 11.5 Å². The van der Waals surface area contributed by atoms with Crippen molar-refractivity contribution in [1.82, 2.24) is 14.4 Å². The van der Waals surface area contributed by atoms with Gasteiger partial charge >= 0.3 is 5.97 Å². The number of imide groups is 1. The van der Waals surface area contributed by atoms with Crippen LogP contribution in [-0.2, 0) is 4.84 Å². The van der Waals surface area contributed by atoms with Crippen LogP contribution in [0.3, 0.4) is 0 Å². The molecule has 3 heterocycles. The number of hydroxylamine groups is 2. The third kappa shape index (κ3) is 2.08. The standard InChI is InChI=1S/C16H9N3O4S/c1-8-12-6-9(7-17-13(12)24-18-8)16(22)23-19-14(20)10-4-2-3-5-11(10)15(19)21/h2-7H,1H3. The maximum atomic E-state index is 12.3. The van der Waals surface area contributed by atoms with Crippen LogP contribution in [-0.4, -0.2) is 32.2 Å². The van der Waals surface area contributed by atoms with Crippen LogP contribution in [0.15, 0.2) is 36.5 Å². The van der Waals surface area contributed by atoms with Gasteiger partial charge in [0.15, 0.2) is 0 Å². The fraction of sp³-hybridized carbons (Fsp3) is 0.0625. The molecule has 0 radical (unpaired) electrons. The number of nitrogens with zero attached hydrogens (tertiary/aromatic N) is 3. The lowest BCUT2D eigenvalue weighted by molar-refractivity contribution is -0.0584. The molecule has 4 rings (SSSR count). The number of amides is 2. The number of hydrogen-bond donors (Lipinski definition) is 0. The molecule has 2 amide bonds. The SMILES string of the molecule is Cc1nsc2ncc(C(=O)ON3C(=O)c4ccccc4C3=O)cc12. The van der Waals surface area contributed by atoms with Crippen LogP contribution in [0.25, 0.3) is 10.2 Å². The summed E-state index contributed by atoms with van der Waals surface area (Å²) >= 11 is 1.23. The maximum Gasteiger partial charge on any atom is 0.365 e. The molecule has 0 atom stereocenters. The molecule has 1 aromatic carbocycles. The van der Waals surface area contributed by atoms with Crippen molar-refractivity contribution in [2.24, 2.45) is 0 Å². The zero-order valence-electron chi connectivity index (χ0n) is 12.3. The van der Waals surface area contributed by atoms with Gasteiger partial charge in [0, 0.05) is 11.6 Å². The molecule has 7 nitrogen and oxygen atoms in total. The summed E-state index contributed by atoms with van der Waals surface area (Å²) in [6, 6.07) is 7.88. The van der Waals surface area contributed by atoms with E-state index in [0.29, 0.717) is 9.89 Å². The van der Waals surface area contributed by atoms with Gasteiger partial charge in [-0.05, 0) is 36.7 Å². The summed E-state index contributed by atoms with van der Waals surface area (Å²) in [7, 11) is 0. The Hall–Kier alpha value is -3.13. The van der Waals surface area contributed by atoms with Gasteiger partial charge in [-0.25, -0.2) is 9.78 Å². The van der Waals surface area contributed by atoms with E-state index in [-0.39, 0.29) is 16.7 Å². The number of aromatic nitrogens is 2. The monoisotopic (exact) mass is 339 g/mol. The summed E-state index contributed by atoms with van der Waals surface area (Å²) in [6.07, 6.45) is 1.33. The Morgan fingerprint density at radius 3 is 2.50 bits per heavy atom. The molecule has 0 saturated carbocycles. The van der Waals surface area contributed by atoms with Crippen LogP contribution in [0.4, 0.5) is 0 Å². The first-order chi connectivity index (χ1) is 11.6. The summed E-state index contributed by atoms with van der Waals surface area (Å²) in [6.45, 7) is 1.81. The van der Waals surface area contributed by atoms with Gasteiger partial charge in [0.05, 0.1) is 22.4 Å². The Balaban J connectivity index is 1.63. The minimum absolute atomic E-state index is 0.141. The van der Waals surface area contributed by atoms with Crippen molar-refractivity contribution in [1.29, 1.82) is 0 Å². The first-order valence-corrected chi connectivity index (χ1v) is 7.76. The smallest absolute Gasteiger partial charge is 0.324 e. The Morgan fingerprint density at radius 2 is 1.83 bits per heavy atom. The Labute approximate surface area is 139 Å². The molecule has 24 heavy (non-hydrogen) atoms. The zero-order chi connectivity index (χ0) is 16.8. The molecule has 0 unspecified atom stereocenters. The van der Waals surface area contributed by atoms with Gasteiger partial charge in [-0.3, -0.25) is 9.59 Å². The van der Waals surface area contributed by atoms with E-state index in [1.165, 1.54) is 29.9 Å². The van der Waals surface area contributed by atoms with Crippen molar-refractivity contribution in [3.63, 3.8) is 0 Å². The van der Waals surface area contributed by atoms with Crippen molar-refractivity contribution in [3.05, 3.63) is 58.9 Å². The molecule has 8 heteroatoms. The number of aryl methyl sites for hydroxylation is 1. The highest BCUT2D eigenvalue weighted by molar-refractivity contribution is 7.12. The van der Waals surface area contributed by atoms with Crippen molar-refractivity contribution in [3.8, 4) is 0 Å². The van der Waals surface area contributed by atoms with E-state index in [0.717, 1.165) is 11.1 Å². The van der Waals surface area contributed by atoms with Gasteiger partial charge in [-0.2, -0.15) is 4.37 Å². The van der Waals surface area contributed by atoms with E-state index < -0.39 is 17.8 Å².